The van der Waals surface area contributed by atoms with Gasteiger partial charge in [-0.25, -0.2) is 4.98 Å². The van der Waals surface area contributed by atoms with Gasteiger partial charge in [-0.3, -0.25) is 4.79 Å². The van der Waals surface area contributed by atoms with Crippen LogP contribution in [0, 0.1) is 0 Å². The number of nitrogens with zero attached hydrogens (tertiary/aromatic N) is 1. The highest BCUT2D eigenvalue weighted by Crippen LogP contribution is 2.21. The van der Waals surface area contributed by atoms with Crippen LogP contribution in [0.3, 0.4) is 0 Å². The molecule has 0 atom stereocenters. The average molecular weight is 257 g/mol. The van der Waals surface area contributed by atoms with Gasteiger partial charge in [-0.15, -0.1) is 11.3 Å². The van der Waals surface area contributed by atoms with Crippen molar-refractivity contribution in [1.29, 1.82) is 0 Å². The van der Waals surface area contributed by atoms with Crippen molar-refractivity contribution in [2.45, 2.75) is 45.4 Å². The highest BCUT2D eigenvalue weighted by molar-refractivity contribution is 7.09. The molecule has 0 spiro atoms. The Hall–Kier alpha value is -0.980. The van der Waals surface area contributed by atoms with Crippen molar-refractivity contribution in [2.24, 2.45) is 5.73 Å². The molecule has 4 N–H and O–H groups in total. The van der Waals surface area contributed by atoms with E-state index in [1.807, 2.05) is 0 Å². The van der Waals surface area contributed by atoms with Crippen LogP contribution < -0.4 is 11.1 Å². The molecule has 1 aromatic heterocycles. The molecule has 1 amide bonds. The number of amides is 1. The molecule has 96 valence electrons. The third-order valence-electron chi connectivity index (χ3n) is 2.91. The van der Waals surface area contributed by atoms with Crippen LogP contribution in [0.15, 0.2) is 5.38 Å². The molecule has 0 radical (unpaired) electrons. The lowest BCUT2D eigenvalue weighted by Gasteiger charge is -2.37. The lowest BCUT2D eigenvalue weighted by molar-refractivity contribution is -0.00301. The van der Waals surface area contributed by atoms with E-state index in [0.717, 1.165) is 5.01 Å². The normalized spacial score (nSPS) is 12.6. The fourth-order valence-electron chi connectivity index (χ4n) is 1.01. The van der Waals surface area contributed by atoms with Crippen molar-refractivity contribution >= 4 is 17.2 Å². The molecule has 0 aromatic carbocycles. The number of nitrogens with one attached hydrogen (secondary N) is 1. The Morgan fingerprint density at radius 1 is 1.53 bits per heavy atom. The van der Waals surface area contributed by atoms with Crippen LogP contribution in [-0.4, -0.2) is 27.1 Å². The average Bonchev–Trinajstić information content (AvgIpc) is 2.63. The first-order valence-electron chi connectivity index (χ1n) is 5.37. The van der Waals surface area contributed by atoms with E-state index in [1.54, 1.807) is 33.1 Å². The van der Waals surface area contributed by atoms with Crippen molar-refractivity contribution in [3.63, 3.8) is 0 Å². The van der Waals surface area contributed by atoms with E-state index in [2.05, 4.69) is 10.3 Å². The minimum absolute atomic E-state index is 0.298. The molecule has 5 nitrogen and oxygen atoms in total. The lowest BCUT2D eigenvalue weighted by atomic mass is 9.86. The van der Waals surface area contributed by atoms with Crippen molar-refractivity contribution in [3.05, 3.63) is 16.1 Å². The first-order chi connectivity index (χ1) is 7.67. The second-order valence-corrected chi connectivity index (χ2v) is 5.91. The van der Waals surface area contributed by atoms with E-state index in [4.69, 9.17) is 5.73 Å². The molecule has 0 bridgehead atoms. The maximum atomic E-state index is 11.9. The van der Waals surface area contributed by atoms with Crippen LogP contribution in [0.25, 0.3) is 0 Å². The minimum atomic E-state index is -1.02. The van der Waals surface area contributed by atoms with E-state index in [0.29, 0.717) is 12.2 Å². The second-order valence-electron chi connectivity index (χ2n) is 4.97. The Balaban J connectivity index is 2.79. The quantitative estimate of drug-likeness (QED) is 0.747. The fourth-order valence-corrected chi connectivity index (χ4v) is 1.66. The molecule has 1 heterocycles. The monoisotopic (exact) mass is 257 g/mol. The topological polar surface area (TPSA) is 88.2 Å². The third-order valence-corrected chi connectivity index (χ3v) is 3.79. The van der Waals surface area contributed by atoms with E-state index in [-0.39, 0.29) is 5.91 Å². The summed E-state index contributed by atoms with van der Waals surface area (Å²) in [4.78, 5) is 16.0. The number of hydrogen-bond donors (Lipinski definition) is 3. The summed E-state index contributed by atoms with van der Waals surface area (Å²) in [6.45, 7) is 7.16. The molecule has 0 fully saturated rings. The van der Waals surface area contributed by atoms with Gasteiger partial charge in [-0.1, -0.05) is 0 Å². The van der Waals surface area contributed by atoms with Crippen LogP contribution in [0.5, 0.6) is 0 Å². The fraction of sp³-hybridized carbons (Fsp3) is 0.636. The van der Waals surface area contributed by atoms with Gasteiger partial charge in [-0.05, 0) is 27.7 Å². The number of aromatic nitrogens is 1. The Bertz CT molecular complexity index is 407. The summed E-state index contributed by atoms with van der Waals surface area (Å²) in [5.41, 5.74) is 4.02. The van der Waals surface area contributed by atoms with Crippen molar-refractivity contribution in [2.75, 3.05) is 0 Å². The molecule has 0 aliphatic carbocycles. The zero-order valence-electron chi connectivity index (χ0n) is 10.6. The number of thiazole rings is 1. The van der Waals surface area contributed by atoms with Gasteiger partial charge in [0, 0.05) is 11.9 Å². The van der Waals surface area contributed by atoms with E-state index >= 15 is 0 Å². The second kappa shape index (κ2) is 4.72. The molecule has 0 saturated heterocycles. The Morgan fingerprint density at radius 2 is 2.12 bits per heavy atom. The van der Waals surface area contributed by atoms with Gasteiger partial charge in [0.1, 0.15) is 10.7 Å². The largest absolute Gasteiger partial charge is 0.388 e. The van der Waals surface area contributed by atoms with Crippen molar-refractivity contribution in [1.82, 2.24) is 10.3 Å². The summed E-state index contributed by atoms with van der Waals surface area (Å²) in [5.74, 6) is -0.298. The van der Waals surface area contributed by atoms with E-state index in [9.17, 15) is 9.90 Å². The van der Waals surface area contributed by atoms with Gasteiger partial charge in [0.05, 0.1) is 11.1 Å². The van der Waals surface area contributed by atoms with Gasteiger partial charge in [-0.2, -0.15) is 0 Å². The molecule has 1 rings (SSSR count). The van der Waals surface area contributed by atoms with E-state index < -0.39 is 11.1 Å². The molecule has 17 heavy (non-hydrogen) atoms. The predicted octanol–water partition coefficient (Wildman–Crippen LogP) is 0.881. The molecular weight excluding hydrogens is 238 g/mol. The van der Waals surface area contributed by atoms with Gasteiger partial charge in [0.2, 0.25) is 0 Å². The molecule has 0 unspecified atom stereocenters. The van der Waals surface area contributed by atoms with Crippen LogP contribution in [0.4, 0.5) is 0 Å². The number of aliphatic hydroxyl groups is 1. The molecule has 1 aromatic rings. The summed E-state index contributed by atoms with van der Waals surface area (Å²) in [6.07, 6.45) is 0. The molecule has 6 heteroatoms. The van der Waals surface area contributed by atoms with Gasteiger partial charge < -0.3 is 16.2 Å². The molecule has 0 aliphatic heterocycles. The standard InChI is InChI=1S/C11H19N3O2S/c1-10(2,11(3,4)16)14-9(15)7-6-17-8(5-12)13-7/h6,16H,5,12H2,1-4H3,(H,14,15). The Kier molecular flexibility index (Phi) is 3.91. The van der Waals surface area contributed by atoms with Crippen LogP contribution in [0.1, 0.15) is 43.2 Å². The molecule has 0 saturated carbocycles. The third kappa shape index (κ3) is 3.24. The first kappa shape index (κ1) is 14.1. The Morgan fingerprint density at radius 3 is 2.53 bits per heavy atom. The van der Waals surface area contributed by atoms with Gasteiger partial charge in [0.15, 0.2) is 0 Å². The smallest absolute Gasteiger partial charge is 0.271 e. The maximum absolute atomic E-state index is 11.9. The number of rotatable bonds is 4. The zero-order valence-corrected chi connectivity index (χ0v) is 11.4. The van der Waals surface area contributed by atoms with Crippen LogP contribution in [0.2, 0.25) is 0 Å². The summed E-state index contributed by atoms with van der Waals surface area (Å²) in [7, 11) is 0. The highest BCUT2D eigenvalue weighted by Gasteiger charge is 2.36. The zero-order chi connectivity index (χ0) is 13.3. The van der Waals surface area contributed by atoms with E-state index in [1.165, 1.54) is 11.3 Å². The lowest BCUT2D eigenvalue weighted by Crippen LogP contribution is -2.57. The summed E-state index contributed by atoms with van der Waals surface area (Å²) >= 11 is 1.35. The number of carbonyl (C=O) groups excluding carboxylic acids is 1. The highest BCUT2D eigenvalue weighted by atomic mass is 32.1. The molecular formula is C11H19N3O2S. The minimum Gasteiger partial charge on any atom is -0.388 e. The van der Waals surface area contributed by atoms with Crippen LogP contribution >= 0.6 is 11.3 Å². The van der Waals surface area contributed by atoms with Crippen LogP contribution in [-0.2, 0) is 6.54 Å². The first-order valence-corrected chi connectivity index (χ1v) is 6.24. The van der Waals surface area contributed by atoms with Crippen molar-refractivity contribution < 1.29 is 9.90 Å². The Labute approximate surface area is 105 Å². The van der Waals surface area contributed by atoms with Gasteiger partial charge in [0.25, 0.3) is 5.91 Å². The molecule has 0 aliphatic rings. The number of nitrogens with two attached hydrogens (primary N) is 1. The SMILES string of the molecule is CC(C)(O)C(C)(C)NC(=O)c1csc(CN)n1. The summed E-state index contributed by atoms with van der Waals surface area (Å²) < 4.78 is 0. The number of hydrogen-bond acceptors (Lipinski definition) is 5. The maximum Gasteiger partial charge on any atom is 0.271 e. The van der Waals surface area contributed by atoms with Crippen molar-refractivity contribution in [3.8, 4) is 0 Å². The predicted molar refractivity (Wildman–Crippen MR) is 67.8 cm³/mol. The van der Waals surface area contributed by atoms with Gasteiger partial charge >= 0.3 is 0 Å². The number of carbonyl (C=O) groups is 1. The summed E-state index contributed by atoms with van der Waals surface area (Å²) in [6, 6.07) is 0. The summed E-state index contributed by atoms with van der Waals surface area (Å²) in [5, 5.41) is 15.1.